The Bertz CT molecular complexity index is 303. The minimum atomic E-state index is -0.363. The van der Waals surface area contributed by atoms with Gasteiger partial charge in [0.25, 0.3) is 5.91 Å². The Labute approximate surface area is 113 Å². The zero-order chi connectivity index (χ0) is 14.1. The van der Waals surface area contributed by atoms with Crippen LogP contribution in [0.2, 0.25) is 0 Å². The average Bonchev–Trinajstić information content (AvgIpc) is 2.47. The SMILES string of the molecule is COCCN(CCC(N)=NO)C(=O)C1CCCCO1. The van der Waals surface area contributed by atoms with Crippen molar-refractivity contribution >= 4 is 11.7 Å². The van der Waals surface area contributed by atoms with Gasteiger partial charge in [-0.3, -0.25) is 4.79 Å². The lowest BCUT2D eigenvalue weighted by Gasteiger charge is -2.29. The van der Waals surface area contributed by atoms with Crippen LogP contribution in [-0.2, 0) is 14.3 Å². The highest BCUT2D eigenvalue weighted by atomic mass is 16.5. The molecular formula is C12H23N3O4. The summed E-state index contributed by atoms with van der Waals surface area (Å²) in [5, 5.41) is 11.4. The van der Waals surface area contributed by atoms with Gasteiger partial charge in [0.1, 0.15) is 11.9 Å². The third-order valence-corrected chi connectivity index (χ3v) is 3.10. The molecule has 0 spiro atoms. The van der Waals surface area contributed by atoms with Crippen LogP contribution in [0.4, 0.5) is 0 Å². The highest BCUT2D eigenvalue weighted by Crippen LogP contribution is 2.15. The molecule has 0 aromatic rings. The van der Waals surface area contributed by atoms with Gasteiger partial charge in [0.05, 0.1) is 6.61 Å². The quantitative estimate of drug-likeness (QED) is 0.298. The van der Waals surface area contributed by atoms with Gasteiger partial charge in [-0.2, -0.15) is 0 Å². The predicted octanol–water partition coefficient (Wildman–Crippen LogP) is 0.167. The first-order valence-corrected chi connectivity index (χ1v) is 6.54. The minimum absolute atomic E-state index is 0.0394. The lowest BCUT2D eigenvalue weighted by molar-refractivity contribution is -0.147. The normalized spacial score (nSPS) is 20.3. The number of rotatable bonds is 7. The zero-order valence-corrected chi connectivity index (χ0v) is 11.4. The molecule has 19 heavy (non-hydrogen) atoms. The van der Waals surface area contributed by atoms with Crippen LogP contribution in [0.15, 0.2) is 5.16 Å². The molecule has 1 saturated heterocycles. The summed E-state index contributed by atoms with van der Waals surface area (Å²) in [5.74, 6) is 0.0715. The molecule has 0 bridgehead atoms. The van der Waals surface area contributed by atoms with Crippen molar-refractivity contribution in [1.29, 1.82) is 0 Å². The number of ether oxygens (including phenoxy) is 2. The summed E-state index contributed by atoms with van der Waals surface area (Å²) in [4.78, 5) is 14.0. The summed E-state index contributed by atoms with van der Waals surface area (Å²) >= 11 is 0. The number of nitrogens with zero attached hydrogens (tertiary/aromatic N) is 2. The first-order chi connectivity index (χ1) is 9.19. The summed E-state index contributed by atoms with van der Waals surface area (Å²) in [5.41, 5.74) is 5.43. The number of carbonyl (C=O) groups is 1. The molecule has 1 atom stereocenters. The van der Waals surface area contributed by atoms with Gasteiger partial charge in [-0.05, 0) is 19.3 Å². The Kier molecular flexibility index (Phi) is 7.20. The molecule has 1 rings (SSSR count). The molecule has 0 aliphatic carbocycles. The molecule has 0 radical (unpaired) electrons. The standard InChI is InChI=1S/C12H23N3O4/c1-18-9-7-15(6-5-11(13)14-17)12(16)10-4-2-3-8-19-10/h10,17H,2-9H2,1H3,(H2,13,14). The molecule has 0 aromatic carbocycles. The molecule has 0 saturated carbocycles. The Morgan fingerprint density at radius 2 is 2.32 bits per heavy atom. The molecule has 1 unspecified atom stereocenters. The largest absolute Gasteiger partial charge is 0.409 e. The van der Waals surface area contributed by atoms with Gasteiger partial charge in [0.2, 0.25) is 0 Å². The highest BCUT2D eigenvalue weighted by Gasteiger charge is 2.26. The van der Waals surface area contributed by atoms with Gasteiger partial charge < -0.3 is 25.3 Å². The predicted molar refractivity (Wildman–Crippen MR) is 70.1 cm³/mol. The summed E-state index contributed by atoms with van der Waals surface area (Å²) in [6.45, 7) is 1.97. The van der Waals surface area contributed by atoms with Crippen molar-refractivity contribution in [2.24, 2.45) is 10.9 Å². The van der Waals surface area contributed by atoms with Crippen molar-refractivity contribution in [2.75, 3.05) is 33.4 Å². The zero-order valence-electron chi connectivity index (χ0n) is 11.4. The van der Waals surface area contributed by atoms with Crippen molar-refractivity contribution in [3.8, 4) is 0 Å². The monoisotopic (exact) mass is 273 g/mol. The van der Waals surface area contributed by atoms with E-state index in [1.54, 1.807) is 12.0 Å². The van der Waals surface area contributed by atoms with Crippen LogP contribution in [0.25, 0.3) is 0 Å². The topological polar surface area (TPSA) is 97.4 Å². The second-order valence-electron chi connectivity index (χ2n) is 4.51. The lowest BCUT2D eigenvalue weighted by Crippen LogP contribution is -2.44. The fourth-order valence-electron chi connectivity index (χ4n) is 1.97. The second kappa shape index (κ2) is 8.71. The fraction of sp³-hybridized carbons (Fsp3) is 0.833. The van der Waals surface area contributed by atoms with E-state index >= 15 is 0 Å². The average molecular weight is 273 g/mol. The Morgan fingerprint density at radius 3 is 2.89 bits per heavy atom. The van der Waals surface area contributed by atoms with Crippen LogP contribution < -0.4 is 5.73 Å². The summed E-state index contributed by atoms with van der Waals surface area (Å²) in [6.07, 6.45) is 2.74. The van der Waals surface area contributed by atoms with Gasteiger partial charge in [-0.15, -0.1) is 0 Å². The van der Waals surface area contributed by atoms with Crippen molar-refractivity contribution in [2.45, 2.75) is 31.8 Å². The van der Waals surface area contributed by atoms with Crippen LogP contribution in [-0.4, -0.2) is 61.4 Å². The van der Waals surface area contributed by atoms with Crippen LogP contribution in [0.1, 0.15) is 25.7 Å². The molecule has 1 aliphatic rings. The third-order valence-electron chi connectivity index (χ3n) is 3.10. The number of methoxy groups -OCH3 is 1. The van der Waals surface area contributed by atoms with Crippen LogP contribution in [0.3, 0.4) is 0 Å². The van der Waals surface area contributed by atoms with E-state index in [1.165, 1.54) is 0 Å². The van der Waals surface area contributed by atoms with E-state index in [0.717, 1.165) is 19.3 Å². The number of hydrogen-bond acceptors (Lipinski definition) is 5. The van der Waals surface area contributed by atoms with Crippen molar-refractivity contribution in [3.63, 3.8) is 0 Å². The number of carbonyl (C=O) groups excluding carboxylic acids is 1. The van der Waals surface area contributed by atoms with E-state index in [-0.39, 0.29) is 17.8 Å². The number of amidine groups is 1. The molecule has 110 valence electrons. The molecule has 1 fully saturated rings. The smallest absolute Gasteiger partial charge is 0.251 e. The van der Waals surface area contributed by atoms with Gasteiger partial charge in [-0.25, -0.2) is 0 Å². The van der Waals surface area contributed by atoms with Crippen molar-refractivity contribution in [3.05, 3.63) is 0 Å². The minimum Gasteiger partial charge on any atom is -0.409 e. The van der Waals surface area contributed by atoms with E-state index < -0.39 is 0 Å². The van der Waals surface area contributed by atoms with Gasteiger partial charge in [-0.1, -0.05) is 5.16 Å². The maximum atomic E-state index is 12.3. The van der Waals surface area contributed by atoms with E-state index in [4.69, 9.17) is 20.4 Å². The molecule has 1 heterocycles. The first kappa shape index (κ1) is 15.7. The number of hydrogen-bond donors (Lipinski definition) is 2. The maximum absolute atomic E-state index is 12.3. The lowest BCUT2D eigenvalue weighted by atomic mass is 10.1. The number of amides is 1. The van der Waals surface area contributed by atoms with Crippen LogP contribution in [0, 0.1) is 0 Å². The van der Waals surface area contributed by atoms with E-state index in [9.17, 15) is 4.79 Å². The van der Waals surface area contributed by atoms with E-state index in [1.807, 2.05) is 0 Å². The van der Waals surface area contributed by atoms with Crippen molar-refractivity contribution < 1.29 is 19.5 Å². The van der Waals surface area contributed by atoms with Gasteiger partial charge in [0.15, 0.2) is 0 Å². The highest BCUT2D eigenvalue weighted by molar-refractivity contribution is 5.83. The number of oxime groups is 1. The van der Waals surface area contributed by atoms with Gasteiger partial charge >= 0.3 is 0 Å². The first-order valence-electron chi connectivity index (χ1n) is 6.54. The van der Waals surface area contributed by atoms with Crippen LogP contribution >= 0.6 is 0 Å². The third kappa shape index (κ3) is 5.44. The number of nitrogens with two attached hydrogens (primary N) is 1. The fourth-order valence-corrected chi connectivity index (χ4v) is 1.97. The Hall–Kier alpha value is -1.34. The molecular weight excluding hydrogens is 250 g/mol. The Balaban J connectivity index is 2.52. The molecule has 1 amide bonds. The van der Waals surface area contributed by atoms with Crippen LogP contribution in [0.5, 0.6) is 0 Å². The second-order valence-corrected chi connectivity index (χ2v) is 4.51. The van der Waals surface area contributed by atoms with Crippen molar-refractivity contribution in [1.82, 2.24) is 4.90 Å². The molecule has 7 heteroatoms. The molecule has 0 aromatic heterocycles. The van der Waals surface area contributed by atoms with E-state index in [2.05, 4.69) is 5.16 Å². The Morgan fingerprint density at radius 1 is 1.53 bits per heavy atom. The van der Waals surface area contributed by atoms with E-state index in [0.29, 0.717) is 32.7 Å². The maximum Gasteiger partial charge on any atom is 0.251 e. The van der Waals surface area contributed by atoms with Gasteiger partial charge in [0, 0.05) is 33.2 Å². The summed E-state index contributed by atoms with van der Waals surface area (Å²) in [6, 6.07) is 0. The molecule has 3 N–H and O–H groups in total. The summed E-state index contributed by atoms with van der Waals surface area (Å²) < 4.78 is 10.5. The molecule has 7 nitrogen and oxygen atoms in total. The summed E-state index contributed by atoms with van der Waals surface area (Å²) in [7, 11) is 1.59. The molecule has 1 aliphatic heterocycles.